The number of rotatable bonds is 13. The molecule has 3 atom stereocenters. The van der Waals surface area contributed by atoms with Crippen molar-refractivity contribution in [3.63, 3.8) is 0 Å². The summed E-state index contributed by atoms with van der Waals surface area (Å²) in [5, 5.41) is 12.1. The first kappa shape index (κ1) is 27.6. The molecule has 0 spiro atoms. The SMILES string of the molecule is [2H]C[C@@]1(COP(OCCC#N)N(C(C)C)C(C)C)COC[C@H](n2ccc(NCc3ccccc3)nc2=O)O1. The maximum Gasteiger partial charge on any atom is 0.351 e. The molecule has 3 rings (SSSR count). The summed E-state index contributed by atoms with van der Waals surface area (Å²) >= 11 is 0. The fourth-order valence-corrected chi connectivity index (χ4v) is 5.61. The van der Waals surface area contributed by atoms with Gasteiger partial charge in [0.15, 0.2) is 6.23 Å². The van der Waals surface area contributed by atoms with Gasteiger partial charge in [0, 0.05) is 26.2 Å². The number of hydrogen-bond donors (Lipinski definition) is 1. The predicted octanol–water partition coefficient (Wildman–Crippen LogP) is 4.45. The van der Waals surface area contributed by atoms with Crippen LogP contribution >= 0.6 is 8.53 Å². The first-order valence-corrected chi connectivity index (χ1v) is 13.5. The van der Waals surface area contributed by atoms with E-state index in [0.29, 0.717) is 12.4 Å². The highest BCUT2D eigenvalue weighted by Crippen LogP contribution is 2.47. The van der Waals surface area contributed by atoms with Crippen molar-refractivity contribution in [3.05, 3.63) is 58.6 Å². The highest BCUT2D eigenvalue weighted by atomic mass is 31.2. The van der Waals surface area contributed by atoms with Crippen molar-refractivity contribution in [2.75, 3.05) is 31.7 Å². The van der Waals surface area contributed by atoms with Crippen LogP contribution in [0.15, 0.2) is 47.4 Å². The van der Waals surface area contributed by atoms with Crippen LogP contribution in [0.5, 0.6) is 0 Å². The van der Waals surface area contributed by atoms with Crippen molar-refractivity contribution >= 4 is 14.3 Å². The van der Waals surface area contributed by atoms with Gasteiger partial charge in [-0.15, -0.1) is 0 Å². The van der Waals surface area contributed by atoms with Crippen molar-refractivity contribution in [2.45, 2.75) is 71.5 Å². The van der Waals surface area contributed by atoms with Crippen LogP contribution in [-0.4, -0.2) is 58.3 Å². The van der Waals surface area contributed by atoms with E-state index < -0.39 is 26.0 Å². The van der Waals surface area contributed by atoms with Gasteiger partial charge in [-0.2, -0.15) is 10.2 Å². The summed E-state index contributed by atoms with van der Waals surface area (Å²) in [4.78, 5) is 17.0. The third-order valence-electron chi connectivity index (χ3n) is 5.57. The van der Waals surface area contributed by atoms with Gasteiger partial charge in [0.05, 0.1) is 38.9 Å². The summed E-state index contributed by atoms with van der Waals surface area (Å²) in [6.07, 6.45) is 1.12. The highest BCUT2D eigenvalue weighted by Gasteiger charge is 2.38. The third kappa shape index (κ3) is 8.57. The van der Waals surface area contributed by atoms with Crippen molar-refractivity contribution in [2.24, 2.45) is 0 Å². The minimum Gasteiger partial charge on any atom is -0.374 e. The first-order chi connectivity index (χ1) is 18.3. The van der Waals surface area contributed by atoms with Gasteiger partial charge < -0.3 is 23.8 Å². The van der Waals surface area contributed by atoms with E-state index in [4.69, 9.17) is 25.2 Å². The number of benzene rings is 1. The van der Waals surface area contributed by atoms with Crippen LogP contribution < -0.4 is 11.0 Å². The summed E-state index contributed by atoms with van der Waals surface area (Å²) in [5.41, 5.74) is -0.496. The number of aromatic nitrogens is 2. The Morgan fingerprint density at radius 1 is 1.30 bits per heavy atom. The molecule has 10 nitrogen and oxygen atoms in total. The van der Waals surface area contributed by atoms with Crippen LogP contribution in [-0.2, 0) is 25.1 Å². The van der Waals surface area contributed by atoms with Crippen LogP contribution in [0.2, 0.25) is 0 Å². The van der Waals surface area contributed by atoms with Gasteiger partial charge in [0.1, 0.15) is 11.4 Å². The van der Waals surface area contributed by atoms with E-state index >= 15 is 0 Å². The van der Waals surface area contributed by atoms with E-state index in [0.717, 1.165) is 5.56 Å². The molecule has 11 heteroatoms. The molecular weight excluding hydrogens is 493 g/mol. The van der Waals surface area contributed by atoms with Gasteiger partial charge in [-0.05, 0) is 46.2 Å². The third-order valence-corrected chi connectivity index (χ3v) is 7.62. The molecule has 2 aromatic rings. The molecule has 0 amide bonds. The molecule has 1 aromatic heterocycles. The zero-order chi connectivity index (χ0) is 27.5. The maximum atomic E-state index is 12.9. The van der Waals surface area contributed by atoms with E-state index in [2.05, 4.69) is 48.7 Å². The standard InChI is InChI=1S/C26H38N5O5P/c1-20(2)31(21(3)4)37(34-15-9-13-27)35-19-26(5)18-33-17-24(36-26)30-14-12-23(29-25(30)32)28-16-22-10-7-6-8-11-22/h6-8,10-12,14,20-21,24H,9,15-19H2,1-5H3,(H,28,29,32)/t24-,26+,37?/m1/s1/i5D. The van der Waals surface area contributed by atoms with Gasteiger partial charge in [0.2, 0.25) is 0 Å². The molecular formula is C26H38N5O5P. The summed E-state index contributed by atoms with van der Waals surface area (Å²) in [6, 6.07) is 13.9. The lowest BCUT2D eigenvalue weighted by molar-refractivity contribution is -0.227. The monoisotopic (exact) mass is 532 g/mol. The smallest absolute Gasteiger partial charge is 0.351 e. The summed E-state index contributed by atoms with van der Waals surface area (Å²) in [5.74, 6) is 0.463. The normalized spacial score (nSPS) is 21.1. The second-order valence-corrected chi connectivity index (χ2v) is 10.9. The van der Waals surface area contributed by atoms with Gasteiger partial charge in [-0.1, -0.05) is 30.3 Å². The molecule has 1 unspecified atom stereocenters. The highest BCUT2D eigenvalue weighted by molar-refractivity contribution is 7.44. The van der Waals surface area contributed by atoms with E-state index in [1.807, 2.05) is 30.3 Å². The molecule has 1 aliphatic rings. The number of nitriles is 1. The van der Waals surface area contributed by atoms with Crippen LogP contribution in [0.4, 0.5) is 5.82 Å². The molecule has 1 N–H and O–H groups in total. The second kappa shape index (κ2) is 14.0. The lowest BCUT2D eigenvalue weighted by Crippen LogP contribution is -2.48. The minimum atomic E-state index is -1.51. The number of nitrogens with one attached hydrogen (secondary N) is 1. The molecule has 1 aromatic carbocycles. The van der Waals surface area contributed by atoms with Crippen LogP contribution in [0, 0.1) is 11.3 Å². The Balaban J connectivity index is 1.69. The van der Waals surface area contributed by atoms with Crippen LogP contribution in [0.1, 0.15) is 54.2 Å². The lowest BCUT2D eigenvalue weighted by atomic mass is 10.1. The fraction of sp³-hybridized carbons (Fsp3) is 0.577. The molecule has 37 heavy (non-hydrogen) atoms. The van der Waals surface area contributed by atoms with Gasteiger partial charge in [-0.3, -0.25) is 4.57 Å². The Bertz CT molecular complexity index is 1090. The Labute approximate surface area is 221 Å². The number of ether oxygens (including phenoxy) is 2. The van der Waals surface area contributed by atoms with E-state index in [-0.39, 0.29) is 51.8 Å². The first-order valence-electron chi connectivity index (χ1n) is 13.1. The van der Waals surface area contributed by atoms with Gasteiger partial charge in [0.25, 0.3) is 8.53 Å². The lowest BCUT2D eigenvalue weighted by Gasteiger charge is -2.41. The number of anilines is 1. The molecule has 0 aliphatic carbocycles. The van der Waals surface area contributed by atoms with E-state index in [1.54, 1.807) is 12.3 Å². The van der Waals surface area contributed by atoms with Gasteiger partial charge in [-0.25, -0.2) is 9.46 Å². The van der Waals surface area contributed by atoms with Crippen molar-refractivity contribution in [1.82, 2.24) is 14.2 Å². The summed E-state index contributed by atoms with van der Waals surface area (Å²) < 4.78 is 36.0. The van der Waals surface area contributed by atoms with Gasteiger partial charge >= 0.3 is 5.69 Å². The summed E-state index contributed by atoms with van der Waals surface area (Å²) in [7, 11) is -1.51. The molecule has 1 saturated heterocycles. The van der Waals surface area contributed by atoms with E-state index in [9.17, 15) is 4.79 Å². The fourth-order valence-electron chi connectivity index (χ4n) is 3.92. The van der Waals surface area contributed by atoms with Crippen LogP contribution in [0.25, 0.3) is 0 Å². The molecule has 1 fully saturated rings. The maximum absolute atomic E-state index is 12.9. The predicted molar refractivity (Wildman–Crippen MR) is 143 cm³/mol. The minimum absolute atomic E-state index is 0.0418. The number of hydrogen-bond acceptors (Lipinski definition) is 9. The van der Waals surface area contributed by atoms with Crippen molar-refractivity contribution in [1.29, 1.82) is 5.26 Å². The largest absolute Gasteiger partial charge is 0.374 e. The zero-order valence-corrected chi connectivity index (χ0v) is 22.9. The average molecular weight is 533 g/mol. The zero-order valence-electron chi connectivity index (χ0n) is 23.0. The average Bonchev–Trinajstić information content (AvgIpc) is 2.91. The molecule has 2 heterocycles. The molecule has 1 aliphatic heterocycles. The summed E-state index contributed by atoms with van der Waals surface area (Å²) in [6.45, 7) is 9.23. The molecule has 0 radical (unpaired) electrons. The quantitative estimate of drug-likeness (QED) is 0.295. The Hall–Kier alpha value is -2.38. The topological polar surface area (TPSA) is 111 Å². The molecule has 202 valence electrons. The molecule has 0 saturated carbocycles. The van der Waals surface area contributed by atoms with Crippen molar-refractivity contribution in [3.8, 4) is 6.07 Å². The Morgan fingerprint density at radius 2 is 2.05 bits per heavy atom. The Kier molecular flexibility index (Phi) is 10.4. The number of nitrogens with zero attached hydrogens (tertiary/aromatic N) is 4. The molecule has 0 bridgehead atoms. The second-order valence-electron chi connectivity index (χ2n) is 9.43. The van der Waals surface area contributed by atoms with Crippen LogP contribution in [0.3, 0.4) is 0 Å². The van der Waals surface area contributed by atoms with E-state index in [1.165, 1.54) is 4.57 Å². The van der Waals surface area contributed by atoms with Crippen molar-refractivity contribution < 1.29 is 19.9 Å². The Morgan fingerprint density at radius 3 is 2.70 bits per heavy atom.